The summed E-state index contributed by atoms with van der Waals surface area (Å²) in [6.45, 7) is 3.73. The van der Waals surface area contributed by atoms with E-state index < -0.39 is 11.9 Å². The Balaban J connectivity index is 2.14. The van der Waals surface area contributed by atoms with Crippen molar-refractivity contribution in [3.63, 3.8) is 0 Å². The standard InChI is InChI=1S/C14H16N2O3S2/c1-3-9(2)19-13(18)11(14-20-8-21-14)12(17)16-10-6-4-5-7-15-10/h4-7,9H,3,8H2,1-2H3,(H,15,16,17). The highest BCUT2D eigenvalue weighted by Gasteiger charge is 2.30. The van der Waals surface area contributed by atoms with E-state index >= 15 is 0 Å². The van der Waals surface area contributed by atoms with Crippen LogP contribution in [0.5, 0.6) is 0 Å². The van der Waals surface area contributed by atoms with E-state index in [0.717, 1.165) is 5.08 Å². The van der Waals surface area contributed by atoms with Gasteiger partial charge in [-0.15, -0.1) is 23.5 Å². The summed E-state index contributed by atoms with van der Waals surface area (Å²) >= 11 is 2.95. The molecule has 7 heteroatoms. The highest BCUT2D eigenvalue weighted by molar-refractivity contribution is 8.37. The summed E-state index contributed by atoms with van der Waals surface area (Å²) in [5.41, 5.74) is 0.0715. The van der Waals surface area contributed by atoms with Gasteiger partial charge in [0, 0.05) is 11.3 Å². The van der Waals surface area contributed by atoms with Crippen molar-refractivity contribution in [1.29, 1.82) is 0 Å². The predicted molar refractivity (Wildman–Crippen MR) is 85.8 cm³/mol. The van der Waals surface area contributed by atoms with Crippen LogP contribution in [0.4, 0.5) is 5.82 Å². The lowest BCUT2D eigenvalue weighted by atomic mass is 10.2. The van der Waals surface area contributed by atoms with Crippen molar-refractivity contribution in [3.05, 3.63) is 34.2 Å². The van der Waals surface area contributed by atoms with Gasteiger partial charge in [-0.25, -0.2) is 9.78 Å². The predicted octanol–water partition coefficient (Wildman–Crippen LogP) is 3.01. The van der Waals surface area contributed by atoms with E-state index in [-0.39, 0.29) is 11.7 Å². The molecule has 5 nitrogen and oxygen atoms in total. The lowest BCUT2D eigenvalue weighted by Gasteiger charge is -2.20. The maximum Gasteiger partial charge on any atom is 0.345 e. The Morgan fingerprint density at radius 2 is 2.19 bits per heavy atom. The minimum absolute atomic E-state index is 0.0715. The molecule has 2 heterocycles. The highest BCUT2D eigenvalue weighted by Crippen LogP contribution is 2.45. The van der Waals surface area contributed by atoms with Crippen LogP contribution in [0.15, 0.2) is 34.2 Å². The Labute approximate surface area is 131 Å². The number of hydrogen-bond acceptors (Lipinski definition) is 6. The first-order chi connectivity index (χ1) is 10.1. The van der Waals surface area contributed by atoms with Crippen molar-refractivity contribution in [2.24, 2.45) is 0 Å². The molecule has 0 bridgehead atoms. The zero-order valence-corrected chi connectivity index (χ0v) is 13.4. The highest BCUT2D eigenvalue weighted by atomic mass is 32.3. The fourth-order valence-electron chi connectivity index (χ4n) is 1.47. The number of thioether (sulfide) groups is 2. The molecule has 1 atom stereocenters. The molecule has 1 aliphatic heterocycles. The molecule has 0 aliphatic carbocycles. The normalized spacial score (nSPS) is 14.9. The second-order valence-electron chi connectivity index (χ2n) is 4.36. The van der Waals surface area contributed by atoms with Crippen LogP contribution in [0.3, 0.4) is 0 Å². The van der Waals surface area contributed by atoms with Crippen LogP contribution < -0.4 is 5.32 Å². The molecule has 0 aromatic carbocycles. The molecule has 1 saturated heterocycles. The Morgan fingerprint density at radius 3 is 2.71 bits per heavy atom. The van der Waals surface area contributed by atoms with Gasteiger partial charge in [-0.05, 0) is 25.5 Å². The van der Waals surface area contributed by atoms with Gasteiger partial charge in [-0.1, -0.05) is 13.0 Å². The molecule has 0 saturated carbocycles. The number of amides is 1. The van der Waals surface area contributed by atoms with Crippen molar-refractivity contribution < 1.29 is 14.3 Å². The second-order valence-corrected chi connectivity index (χ2v) is 6.96. The largest absolute Gasteiger partial charge is 0.459 e. The van der Waals surface area contributed by atoms with Crippen LogP contribution in [0.25, 0.3) is 0 Å². The first-order valence-corrected chi connectivity index (χ1v) is 8.52. The number of esters is 1. The van der Waals surface area contributed by atoms with Gasteiger partial charge in [-0.3, -0.25) is 4.79 Å². The van der Waals surface area contributed by atoms with Gasteiger partial charge in [0.25, 0.3) is 5.91 Å². The minimum Gasteiger partial charge on any atom is -0.459 e. The quantitative estimate of drug-likeness (QED) is 0.389. The summed E-state index contributed by atoms with van der Waals surface area (Å²) in [5.74, 6) is -0.643. The van der Waals surface area contributed by atoms with Crippen LogP contribution in [0, 0.1) is 0 Å². The fourth-order valence-corrected chi connectivity index (χ4v) is 3.05. The lowest BCUT2D eigenvalue weighted by molar-refractivity contribution is -0.144. The van der Waals surface area contributed by atoms with Gasteiger partial charge >= 0.3 is 5.97 Å². The number of carbonyl (C=O) groups excluding carboxylic acids is 2. The van der Waals surface area contributed by atoms with E-state index in [1.807, 2.05) is 6.92 Å². The van der Waals surface area contributed by atoms with Crippen molar-refractivity contribution in [2.75, 3.05) is 10.4 Å². The number of aromatic nitrogens is 1. The maximum atomic E-state index is 12.3. The van der Waals surface area contributed by atoms with E-state index in [4.69, 9.17) is 4.74 Å². The number of nitrogens with one attached hydrogen (secondary N) is 1. The summed E-state index contributed by atoms with van der Waals surface area (Å²) in [5, 5.41) is 3.47. The summed E-state index contributed by atoms with van der Waals surface area (Å²) in [6.07, 6.45) is 2.06. The third-order valence-corrected chi connectivity index (χ3v) is 5.39. The third-order valence-electron chi connectivity index (χ3n) is 2.80. The van der Waals surface area contributed by atoms with Gasteiger partial charge in [-0.2, -0.15) is 0 Å². The maximum absolute atomic E-state index is 12.3. The van der Waals surface area contributed by atoms with E-state index in [1.54, 1.807) is 31.3 Å². The van der Waals surface area contributed by atoms with Gasteiger partial charge in [0.1, 0.15) is 11.4 Å². The average molecular weight is 324 g/mol. The molecular formula is C14H16N2O3S2. The Hall–Kier alpha value is -1.47. The van der Waals surface area contributed by atoms with Crippen LogP contribution >= 0.6 is 23.5 Å². The zero-order chi connectivity index (χ0) is 15.2. The summed E-state index contributed by atoms with van der Waals surface area (Å²) in [4.78, 5) is 28.5. The van der Waals surface area contributed by atoms with Gasteiger partial charge < -0.3 is 10.1 Å². The lowest BCUT2D eigenvalue weighted by Crippen LogP contribution is -2.26. The molecule has 0 radical (unpaired) electrons. The first kappa shape index (κ1) is 15.9. The van der Waals surface area contributed by atoms with Crippen LogP contribution in [-0.4, -0.2) is 28.0 Å². The molecule has 1 aromatic heterocycles. The number of anilines is 1. The number of carbonyl (C=O) groups is 2. The molecule has 1 aliphatic rings. The minimum atomic E-state index is -0.576. The number of hydrogen-bond donors (Lipinski definition) is 1. The monoisotopic (exact) mass is 324 g/mol. The van der Waals surface area contributed by atoms with Crippen molar-refractivity contribution >= 4 is 41.2 Å². The molecular weight excluding hydrogens is 308 g/mol. The molecule has 1 fully saturated rings. The fraction of sp³-hybridized carbons (Fsp3) is 0.357. The third kappa shape index (κ3) is 4.25. The zero-order valence-electron chi connectivity index (χ0n) is 11.8. The number of ether oxygens (including phenoxy) is 1. The van der Waals surface area contributed by atoms with Gasteiger partial charge in [0.05, 0.1) is 10.3 Å². The van der Waals surface area contributed by atoms with Gasteiger partial charge in [0.15, 0.2) is 0 Å². The van der Waals surface area contributed by atoms with Crippen molar-refractivity contribution in [2.45, 2.75) is 26.4 Å². The molecule has 0 spiro atoms. The molecule has 21 heavy (non-hydrogen) atoms. The van der Waals surface area contributed by atoms with E-state index in [0.29, 0.717) is 16.5 Å². The summed E-state index contributed by atoms with van der Waals surface area (Å²) < 4.78 is 5.98. The van der Waals surface area contributed by atoms with Crippen molar-refractivity contribution in [3.8, 4) is 0 Å². The summed E-state index contributed by atoms with van der Waals surface area (Å²) in [6, 6.07) is 5.19. The van der Waals surface area contributed by atoms with E-state index in [2.05, 4.69) is 10.3 Å². The molecule has 1 amide bonds. The Morgan fingerprint density at radius 1 is 1.43 bits per heavy atom. The Kier molecular flexibility index (Phi) is 5.69. The van der Waals surface area contributed by atoms with Crippen LogP contribution in [-0.2, 0) is 14.3 Å². The summed E-state index contributed by atoms with van der Waals surface area (Å²) in [7, 11) is 0. The van der Waals surface area contributed by atoms with E-state index in [9.17, 15) is 9.59 Å². The molecule has 1 aromatic rings. The molecule has 1 unspecified atom stereocenters. The van der Waals surface area contributed by atoms with Crippen molar-refractivity contribution in [1.82, 2.24) is 4.98 Å². The van der Waals surface area contributed by atoms with Gasteiger partial charge in [0.2, 0.25) is 0 Å². The molecule has 2 rings (SSSR count). The van der Waals surface area contributed by atoms with Crippen LogP contribution in [0.2, 0.25) is 0 Å². The smallest absolute Gasteiger partial charge is 0.345 e. The number of rotatable bonds is 5. The average Bonchev–Trinajstić information content (AvgIpc) is 2.43. The molecule has 1 N–H and O–H groups in total. The second kappa shape index (κ2) is 7.51. The number of nitrogens with zero attached hydrogens (tertiary/aromatic N) is 1. The topological polar surface area (TPSA) is 68.3 Å². The SMILES string of the molecule is CCC(C)OC(=O)C(C(=O)Nc1ccccn1)=C1SCS1. The number of pyridine rings is 1. The Bertz CT molecular complexity index is 555. The first-order valence-electron chi connectivity index (χ1n) is 6.55. The molecule has 112 valence electrons. The van der Waals surface area contributed by atoms with E-state index in [1.165, 1.54) is 23.5 Å². The van der Waals surface area contributed by atoms with Crippen LogP contribution in [0.1, 0.15) is 20.3 Å².